The number of hydrogen-bond acceptors (Lipinski definition) is 2. The van der Waals surface area contributed by atoms with Gasteiger partial charge >= 0.3 is 5.97 Å². The van der Waals surface area contributed by atoms with Crippen molar-refractivity contribution in [3.63, 3.8) is 0 Å². The lowest BCUT2D eigenvalue weighted by molar-refractivity contribution is -0.145. The van der Waals surface area contributed by atoms with Crippen LogP contribution in [-0.2, 0) is 9.53 Å². The zero-order chi connectivity index (χ0) is 12.8. The molecule has 0 aliphatic rings. The first-order valence-corrected chi connectivity index (χ1v) is 6.40. The number of alkyl halides is 2. The van der Waals surface area contributed by atoms with Crippen LogP contribution in [0.25, 0.3) is 0 Å². The standard InChI is InChI=1S/C11H17Cl3O2/c1-4-16-10(15)6-11(2,3)9(14)5-8(13)7-12/h5,9H,4,6-7H2,1-3H3. The van der Waals surface area contributed by atoms with E-state index in [4.69, 9.17) is 39.5 Å². The van der Waals surface area contributed by atoms with Crippen molar-refractivity contribution >= 4 is 40.8 Å². The molecule has 0 saturated carbocycles. The third-order valence-corrected chi connectivity index (χ3v) is 3.51. The topological polar surface area (TPSA) is 26.3 Å². The Bertz CT molecular complexity index is 262. The maximum Gasteiger partial charge on any atom is 0.306 e. The molecule has 0 aromatic carbocycles. The fourth-order valence-corrected chi connectivity index (χ4v) is 1.62. The Kier molecular flexibility index (Phi) is 7.45. The minimum Gasteiger partial charge on any atom is -0.466 e. The predicted molar refractivity (Wildman–Crippen MR) is 69.3 cm³/mol. The van der Waals surface area contributed by atoms with Crippen molar-refractivity contribution < 1.29 is 9.53 Å². The van der Waals surface area contributed by atoms with Gasteiger partial charge in [-0.2, -0.15) is 0 Å². The molecule has 2 nitrogen and oxygen atoms in total. The maximum atomic E-state index is 11.4. The average molecular weight is 288 g/mol. The fourth-order valence-electron chi connectivity index (χ4n) is 1.11. The zero-order valence-electron chi connectivity index (χ0n) is 9.73. The van der Waals surface area contributed by atoms with Gasteiger partial charge in [0.05, 0.1) is 24.3 Å². The summed E-state index contributed by atoms with van der Waals surface area (Å²) in [5.74, 6) is -0.0335. The molecule has 0 bridgehead atoms. The lowest BCUT2D eigenvalue weighted by Crippen LogP contribution is -2.27. The lowest BCUT2D eigenvalue weighted by Gasteiger charge is -2.27. The van der Waals surface area contributed by atoms with Gasteiger partial charge in [0.15, 0.2) is 0 Å². The average Bonchev–Trinajstić information content (AvgIpc) is 2.16. The van der Waals surface area contributed by atoms with Crippen LogP contribution in [-0.4, -0.2) is 23.8 Å². The van der Waals surface area contributed by atoms with Gasteiger partial charge in [-0.3, -0.25) is 4.79 Å². The Labute approximate surface area is 112 Å². The highest BCUT2D eigenvalue weighted by Crippen LogP contribution is 2.32. The Hall–Kier alpha value is 0.0800. The third-order valence-electron chi connectivity index (χ3n) is 2.11. The number of carbonyl (C=O) groups excluding carboxylic acids is 1. The molecule has 1 atom stereocenters. The molecule has 0 heterocycles. The van der Waals surface area contributed by atoms with Crippen molar-refractivity contribution in [3.05, 3.63) is 11.1 Å². The van der Waals surface area contributed by atoms with Gasteiger partial charge in [0.2, 0.25) is 0 Å². The van der Waals surface area contributed by atoms with E-state index in [0.717, 1.165) is 0 Å². The molecule has 0 aliphatic heterocycles. The van der Waals surface area contributed by atoms with Gasteiger partial charge in [0, 0.05) is 5.03 Å². The van der Waals surface area contributed by atoms with Crippen molar-refractivity contribution in [2.45, 2.75) is 32.6 Å². The number of rotatable bonds is 6. The summed E-state index contributed by atoms with van der Waals surface area (Å²) in [6.45, 7) is 5.92. The van der Waals surface area contributed by atoms with Crippen LogP contribution in [0.15, 0.2) is 11.1 Å². The molecular weight excluding hydrogens is 270 g/mol. The first kappa shape index (κ1) is 16.1. The van der Waals surface area contributed by atoms with Crippen LogP contribution < -0.4 is 0 Å². The maximum absolute atomic E-state index is 11.4. The van der Waals surface area contributed by atoms with E-state index < -0.39 is 5.41 Å². The van der Waals surface area contributed by atoms with Gasteiger partial charge in [-0.25, -0.2) is 0 Å². The summed E-state index contributed by atoms with van der Waals surface area (Å²) in [6.07, 6.45) is 1.91. The molecule has 16 heavy (non-hydrogen) atoms. The van der Waals surface area contributed by atoms with E-state index >= 15 is 0 Å². The summed E-state index contributed by atoms with van der Waals surface area (Å²) in [7, 11) is 0. The molecule has 0 aromatic heterocycles. The van der Waals surface area contributed by atoms with Crippen molar-refractivity contribution in [3.8, 4) is 0 Å². The first-order chi connectivity index (χ1) is 7.33. The minimum absolute atomic E-state index is 0.222. The van der Waals surface area contributed by atoms with Crippen LogP contribution in [0.4, 0.5) is 0 Å². The van der Waals surface area contributed by atoms with E-state index in [1.54, 1.807) is 13.0 Å². The molecule has 1 unspecified atom stereocenters. The minimum atomic E-state index is -0.417. The highest BCUT2D eigenvalue weighted by atomic mass is 35.5. The Morgan fingerprint density at radius 3 is 2.50 bits per heavy atom. The van der Waals surface area contributed by atoms with E-state index in [0.29, 0.717) is 11.6 Å². The van der Waals surface area contributed by atoms with Crippen LogP contribution in [0.2, 0.25) is 0 Å². The van der Waals surface area contributed by atoms with Crippen LogP contribution >= 0.6 is 34.8 Å². The van der Waals surface area contributed by atoms with Gasteiger partial charge in [0.1, 0.15) is 0 Å². The summed E-state index contributed by atoms with van der Waals surface area (Å²) in [6, 6.07) is 0. The molecule has 0 rings (SSSR count). The smallest absolute Gasteiger partial charge is 0.306 e. The van der Waals surface area contributed by atoms with Crippen molar-refractivity contribution in [2.75, 3.05) is 12.5 Å². The molecule has 0 aromatic rings. The largest absolute Gasteiger partial charge is 0.466 e. The number of ether oxygens (including phenoxy) is 1. The highest BCUT2D eigenvalue weighted by molar-refractivity contribution is 6.36. The quantitative estimate of drug-likeness (QED) is 0.546. The Balaban J connectivity index is 4.47. The van der Waals surface area contributed by atoms with E-state index in [1.807, 2.05) is 13.8 Å². The van der Waals surface area contributed by atoms with Gasteiger partial charge in [-0.05, 0) is 12.3 Å². The molecule has 0 radical (unpaired) electrons. The van der Waals surface area contributed by atoms with E-state index in [-0.39, 0.29) is 23.6 Å². The van der Waals surface area contributed by atoms with Gasteiger partial charge in [0.25, 0.3) is 0 Å². The second kappa shape index (κ2) is 7.41. The molecular formula is C11H17Cl3O2. The first-order valence-electron chi connectivity index (χ1n) is 5.05. The molecule has 0 aliphatic carbocycles. The van der Waals surface area contributed by atoms with Gasteiger partial charge in [-0.1, -0.05) is 31.5 Å². The summed E-state index contributed by atoms with van der Waals surface area (Å²) in [4.78, 5) is 11.4. The number of halogens is 3. The monoisotopic (exact) mass is 286 g/mol. The highest BCUT2D eigenvalue weighted by Gasteiger charge is 2.30. The van der Waals surface area contributed by atoms with Gasteiger partial charge < -0.3 is 4.74 Å². The molecule has 94 valence electrons. The Morgan fingerprint density at radius 2 is 2.06 bits per heavy atom. The third kappa shape index (κ3) is 5.97. The Morgan fingerprint density at radius 1 is 1.50 bits per heavy atom. The van der Waals surface area contributed by atoms with E-state index in [1.165, 1.54) is 0 Å². The molecule has 5 heteroatoms. The number of carbonyl (C=O) groups is 1. The zero-order valence-corrected chi connectivity index (χ0v) is 12.0. The number of allylic oxidation sites excluding steroid dienone is 2. The summed E-state index contributed by atoms with van der Waals surface area (Å²) in [5.41, 5.74) is -0.417. The van der Waals surface area contributed by atoms with Crippen LogP contribution in [0.3, 0.4) is 0 Å². The van der Waals surface area contributed by atoms with Crippen molar-refractivity contribution in [1.82, 2.24) is 0 Å². The molecule has 0 fully saturated rings. The van der Waals surface area contributed by atoms with Crippen LogP contribution in [0, 0.1) is 5.41 Å². The lowest BCUT2D eigenvalue weighted by atomic mass is 9.85. The molecule has 0 N–H and O–H groups in total. The predicted octanol–water partition coefficient (Wildman–Crippen LogP) is 3.93. The molecule has 0 saturated heterocycles. The second-order valence-electron chi connectivity index (χ2n) is 4.12. The number of esters is 1. The second-order valence-corrected chi connectivity index (χ2v) is 5.34. The molecule has 0 amide bonds. The van der Waals surface area contributed by atoms with Crippen LogP contribution in [0.1, 0.15) is 27.2 Å². The summed E-state index contributed by atoms with van der Waals surface area (Å²) >= 11 is 17.5. The number of hydrogen-bond donors (Lipinski definition) is 0. The normalized spacial score (nSPS) is 14.8. The van der Waals surface area contributed by atoms with Crippen molar-refractivity contribution in [2.24, 2.45) is 5.41 Å². The summed E-state index contributed by atoms with van der Waals surface area (Å²) in [5, 5.41) is 0.127. The van der Waals surface area contributed by atoms with E-state index in [2.05, 4.69) is 0 Å². The van der Waals surface area contributed by atoms with E-state index in [9.17, 15) is 4.79 Å². The molecule has 0 spiro atoms. The SMILES string of the molecule is CCOC(=O)CC(C)(C)C(Cl)C=C(Cl)CCl. The van der Waals surface area contributed by atoms with Crippen LogP contribution in [0.5, 0.6) is 0 Å². The van der Waals surface area contributed by atoms with Crippen molar-refractivity contribution in [1.29, 1.82) is 0 Å². The summed E-state index contributed by atoms with van der Waals surface area (Å²) < 4.78 is 4.88. The fraction of sp³-hybridized carbons (Fsp3) is 0.727. The van der Waals surface area contributed by atoms with Gasteiger partial charge in [-0.15, -0.1) is 23.2 Å².